The predicted octanol–water partition coefficient (Wildman–Crippen LogP) is 4.62. The lowest BCUT2D eigenvalue weighted by Gasteiger charge is -2.00. The third-order valence-electron chi connectivity index (χ3n) is 2.01. The molecule has 0 N–H and O–H groups in total. The number of aldehydes is 1. The van der Waals surface area contributed by atoms with Crippen LogP contribution >= 0.6 is 39.0 Å². The van der Waals surface area contributed by atoms with Crippen LogP contribution in [0.15, 0.2) is 44.4 Å². The molecule has 0 aliphatic carbocycles. The van der Waals surface area contributed by atoms with E-state index in [4.69, 9.17) is 0 Å². The number of halogens is 1. The standard InChI is InChI=1S/C12H9BrOS2/c13-11-5-12(16-8-11)15-7-10-3-1-2-9(4-10)6-14/h1-6,8H,7H2. The predicted molar refractivity (Wildman–Crippen MR) is 73.4 cm³/mol. The summed E-state index contributed by atoms with van der Waals surface area (Å²) in [4.78, 5) is 10.6. The SMILES string of the molecule is O=Cc1cccc(CSc2cc(Br)cs2)c1. The molecule has 0 bridgehead atoms. The van der Waals surface area contributed by atoms with Crippen LogP contribution in [-0.2, 0) is 5.75 Å². The highest BCUT2D eigenvalue weighted by molar-refractivity contribution is 9.10. The Morgan fingerprint density at radius 1 is 1.38 bits per heavy atom. The van der Waals surface area contributed by atoms with Gasteiger partial charge in [-0.3, -0.25) is 4.79 Å². The summed E-state index contributed by atoms with van der Waals surface area (Å²) in [5, 5.41) is 2.07. The highest BCUT2D eigenvalue weighted by atomic mass is 79.9. The molecule has 1 aromatic carbocycles. The fraction of sp³-hybridized carbons (Fsp3) is 0.0833. The van der Waals surface area contributed by atoms with E-state index >= 15 is 0 Å². The number of carbonyl (C=O) groups is 1. The maximum atomic E-state index is 10.6. The Morgan fingerprint density at radius 3 is 2.94 bits per heavy atom. The van der Waals surface area contributed by atoms with Gasteiger partial charge in [-0.05, 0) is 33.6 Å². The quantitative estimate of drug-likeness (QED) is 0.605. The van der Waals surface area contributed by atoms with Crippen molar-refractivity contribution >= 4 is 45.3 Å². The van der Waals surface area contributed by atoms with E-state index in [0.717, 1.165) is 22.1 Å². The lowest BCUT2D eigenvalue weighted by molar-refractivity contribution is 0.112. The average Bonchev–Trinajstić information content (AvgIpc) is 2.73. The molecule has 0 unspecified atom stereocenters. The van der Waals surface area contributed by atoms with E-state index < -0.39 is 0 Å². The van der Waals surface area contributed by atoms with Crippen molar-refractivity contribution in [2.45, 2.75) is 9.96 Å². The van der Waals surface area contributed by atoms with Gasteiger partial charge in [-0.1, -0.05) is 18.2 Å². The Labute approximate surface area is 111 Å². The fourth-order valence-electron chi connectivity index (χ4n) is 1.28. The largest absolute Gasteiger partial charge is 0.298 e. The molecule has 0 aliphatic heterocycles. The van der Waals surface area contributed by atoms with Gasteiger partial charge in [0.15, 0.2) is 0 Å². The zero-order valence-electron chi connectivity index (χ0n) is 8.35. The van der Waals surface area contributed by atoms with E-state index in [1.807, 2.05) is 24.3 Å². The Balaban J connectivity index is 2.01. The van der Waals surface area contributed by atoms with Crippen molar-refractivity contribution in [1.82, 2.24) is 0 Å². The van der Waals surface area contributed by atoms with Crippen molar-refractivity contribution in [1.29, 1.82) is 0 Å². The van der Waals surface area contributed by atoms with Crippen molar-refractivity contribution in [2.24, 2.45) is 0 Å². The molecule has 16 heavy (non-hydrogen) atoms. The smallest absolute Gasteiger partial charge is 0.150 e. The Bertz CT molecular complexity index is 493. The molecule has 0 saturated heterocycles. The van der Waals surface area contributed by atoms with Crippen LogP contribution in [0.3, 0.4) is 0 Å². The van der Waals surface area contributed by atoms with Gasteiger partial charge in [-0.25, -0.2) is 0 Å². The van der Waals surface area contributed by atoms with E-state index in [1.165, 1.54) is 9.77 Å². The van der Waals surface area contributed by atoms with Crippen LogP contribution in [0.4, 0.5) is 0 Å². The minimum atomic E-state index is 0.741. The van der Waals surface area contributed by atoms with Gasteiger partial charge in [0.2, 0.25) is 0 Å². The first-order chi connectivity index (χ1) is 7.78. The molecule has 0 radical (unpaired) electrons. The first-order valence-corrected chi connectivity index (χ1v) is 7.35. The van der Waals surface area contributed by atoms with Crippen LogP contribution in [0, 0.1) is 0 Å². The Kier molecular flexibility index (Phi) is 4.21. The molecule has 0 aliphatic rings. The highest BCUT2D eigenvalue weighted by Crippen LogP contribution is 2.31. The van der Waals surface area contributed by atoms with E-state index in [9.17, 15) is 4.79 Å². The number of rotatable bonds is 4. The number of thioether (sulfide) groups is 1. The van der Waals surface area contributed by atoms with Gasteiger partial charge >= 0.3 is 0 Å². The molecule has 1 aromatic heterocycles. The summed E-state index contributed by atoms with van der Waals surface area (Å²) in [6.07, 6.45) is 0.885. The van der Waals surface area contributed by atoms with Crippen LogP contribution in [-0.4, -0.2) is 6.29 Å². The van der Waals surface area contributed by atoms with Gasteiger partial charge in [0, 0.05) is 21.2 Å². The number of benzene rings is 1. The third-order valence-corrected chi connectivity index (χ3v) is 5.02. The van der Waals surface area contributed by atoms with Crippen molar-refractivity contribution in [2.75, 3.05) is 0 Å². The van der Waals surface area contributed by atoms with E-state index in [-0.39, 0.29) is 0 Å². The maximum Gasteiger partial charge on any atom is 0.150 e. The van der Waals surface area contributed by atoms with Crippen LogP contribution in [0.25, 0.3) is 0 Å². The molecule has 0 atom stereocenters. The molecule has 1 nitrogen and oxygen atoms in total. The molecule has 0 spiro atoms. The third kappa shape index (κ3) is 3.20. The summed E-state index contributed by atoms with van der Waals surface area (Å²) in [5.41, 5.74) is 1.92. The lowest BCUT2D eigenvalue weighted by atomic mass is 10.2. The molecule has 1 heterocycles. The maximum absolute atomic E-state index is 10.6. The number of hydrogen-bond acceptors (Lipinski definition) is 3. The van der Waals surface area contributed by atoms with Crippen LogP contribution in [0.1, 0.15) is 15.9 Å². The topological polar surface area (TPSA) is 17.1 Å². The highest BCUT2D eigenvalue weighted by Gasteiger charge is 2.00. The zero-order chi connectivity index (χ0) is 11.4. The molecule has 0 fully saturated rings. The molecule has 82 valence electrons. The summed E-state index contributed by atoms with van der Waals surface area (Å²) in [5.74, 6) is 0.897. The molecule has 4 heteroatoms. The van der Waals surface area contributed by atoms with Crippen molar-refractivity contribution in [3.63, 3.8) is 0 Å². The molecule has 2 rings (SSSR count). The molecule has 0 saturated carbocycles. The monoisotopic (exact) mass is 312 g/mol. The van der Waals surface area contributed by atoms with Crippen molar-refractivity contribution < 1.29 is 4.79 Å². The minimum Gasteiger partial charge on any atom is -0.298 e. The molecular formula is C12H9BrOS2. The van der Waals surface area contributed by atoms with Crippen LogP contribution in [0.5, 0.6) is 0 Å². The number of carbonyl (C=O) groups excluding carboxylic acids is 1. The van der Waals surface area contributed by atoms with Gasteiger partial charge in [-0.15, -0.1) is 23.1 Å². The summed E-state index contributed by atoms with van der Waals surface area (Å²) < 4.78 is 2.41. The summed E-state index contributed by atoms with van der Waals surface area (Å²) in [6, 6.07) is 9.83. The number of thiophene rings is 1. The van der Waals surface area contributed by atoms with Gasteiger partial charge in [-0.2, -0.15) is 0 Å². The Hall–Kier alpha value is -0.580. The lowest BCUT2D eigenvalue weighted by Crippen LogP contribution is -1.83. The van der Waals surface area contributed by atoms with Crippen molar-refractivity contribution in [3.8, 4) is 0 Å². The van der Waals surface area contributed by atoms with E-state index in [1.54, 1.807) is 23.1 Å². The van der Waals surface area contributed by atoms with E-state index in [0.29, 0.717) is 0 Å². The number of hydrogen-bond donors (Lipinski definition) is 0. The first-order valence-electron chi connectivity index (χ1n) is 4.69. The zero-order valence-corrected chi connectivity index (χ0v) is 11.6. The minimum absolute atomic E-state index is 0.741. The fourth-order valence-corrected chi connectivity index (χ4v) is 3.88. The van der Waals surface area contributed by atoms with Gasteiger partial charge < -0.3 is 0 Å². The van der Waals surface area contributed by atoms with Crippen molar-refractivity contribution in [3.05, 3.63) is 51.3 Å². The second-order valence-corrected chi connectivity index (χ2v) is 6.34. The summed E-state index contributed by atoms with van der Waals surface area (Å²) in [7, 11) is 0. The van der Waals surface area contributed by atoms with Crippen LogP contribution in [0.2, 0.25) is 0 Å². The normalized spacial score (nSPS) is 10.3. The second kappa shape index (κ2) is 5.66. The van der Waals surface area contributed by atoms with Gasteiger partial charge in [0.25, 0.3) is 0 Å². The summed E-state index contributed by atoms with van der Waals surface area (Å²) >= 11 is 6.94. The van der Waals surface area contributed by atoms with Gasteiger partial charge in [0.1, 0.15) is 6.29 Å². The average molecular weight is 313 g/mol. The Morgan fingerprint density at radius 2 is 2.25 bits per heavy atom. The van der Waals surface area contributed by atoms with Gasteiger partial charge in [0.05, 0.1) is 4.21 Å². The molecular weight excluding hydrogens is 304 g/mol. The van der Waals surface area contributed by atoms with E-state index in [2.05, 4.69) is 27.4 Å². The first kappa shape index (κ1) is 11.9. The second-order valence-electron chi connectivity index (χ2n) is 3.24. The molecule has 2 aromatic rings. The van der Waals surface area contributed by atoms with Crippen LogP contribution < -0.4 is 0 Å². The molecule has 0 amide bonds. The summed E-state index contributed by atoms with van der Waals surface area (Å²) in [6.45, 7) is 0.